The molecule has 1 rings (SSSR count). The minimum absolute atomic E-state index is 0.0218. The van der Waals surface area contributed by atoms with Gasteiger partial charge in [-0.3, -0.25) is 4.79 Å². The second-order valence-corrected chi connectivity index (χ2v) is 4.12. The summed E-state index contributed by atoms with van der Waals surface area (Å²) in [6.45, 7) is 6.71. The fourth-order valence-corrected chi connectivity index (χ4v) is 1.94. The van der Waals surface area contributed by atoms with E-state index in [-0.39, 0.29) is 11.9 Å². The van der Waals surface area contributed by atoms with Crippen LogP contribution in [0.4, 0.5) is 0 Å². The minimum atomic E-state index is 0.0218. The van der Waals surface area contributed by atoms with E-state index in [1.807, 2.05) is 6.08 Å². The van der Waals surface area contributed by atoms with Crippen LogP contribution in [0.5, 0.6) is 0 Å². The first-order valence-electron chi connectivity index (χ1n) is 5.92. The number of carbonyl (C=O) groups excluding carboxylic acids is 1. The Labute approximate surface area is 92.3 Å². The van der Waals surface area contributed by atoms with E-state index in [1.54, 1.807) is 0 Å². The number of allylic oxidation sites excluding steroid dienone is 1. The molecule has 0 aromatic heterocycles. The zero-order valence-corrected chi connectivity index (χ0v) is 9.59. The summed E-state index contributed by atoms with van der Waals surface area (Å²) in [7, 11) is 0. The van der Waals surface area contributed by atoms with E-state index in [4.69, 9.17) is 0 Å². The van der Waals surface area contributed by atoms with E-state index in [0.717, 1.165) is 38.6 Å². The number of amides is 1. The first-order valence-corrected chi connectivity index (χ1v) is 5.92. The number of hydrogen-bond donors (Lipinski definition) is 2. The molecule has 0 bridgehead atoms. The monoisotopic (exact) mass is 210 g/mol. The van der Waals surface area contributed by atoms with Crippen LogP contribution in [0, 0.1) is 0 Å². The molecule has 0 aromatic carbocycles. The summed E-state index contributed by atoms with van der Waals surface area (Å²) >= 11 is 0. The van der Waals surface area contributed by atoms with Crippen molar-refractivity contribution >= 4 is 5.91 Å². The van der Waals surface area contributed by atoms with E-state index < -0.39 is 0 Å². The van der Waals surface area contributed by atoms with Gasteiger partial charge in [0.1, 0.15) is 0 Å². The first kappa shape index (κ1) is 12.2. The maximum atomic E-state index is 11.5. The van der Waals surface area contributed by atoms with Gasteiger partial charge in [-0.25, -0.2) is 0 Å². The number of rotatable bonds is 6. The summed E-state index contributed by atoms with van der Waals surface area (Å²) in [6, 6.07) is 0.463. The molecule has 1 saturated heterocycles. The highest BCUT2D eigenvalue weighted by Crippen LogP contribution is 2.08. The van der Waals surface area contributed by atoms with Crippen LogP contribution >= 0.6 is 0 Å². The topological polar surface area (TPSA) is 41.1 Å². The Morgan fingerprint density at radius 2 is 2.53 bits per heavy atom. The highest BCUT2D eigenvalue weighted by Gasteiger charge is 2.23. The molecule has 0 unspecified atom stereocenters. The zero-order chi connectivity index (χ0) is 11.1. The second-order valence-electron chi connectivity index (χ2n) is 4.12. The largest absolute Gasteiger partial charge is 0.355 e. The molecule has 0 saturated carbocycles. The van der Waals surface area contributed by atoms with Crippen LogP contribution in [0.3, 0.4) is 0 Å². The van der Waals surface area contributed by atoms with Gasteiger partial charge >= 0.3 is 0 Å². The molecular weight excluding hydrogens is 188 g/mol. The molecular formula is C12H22N2O. The molecule has 0 radical (unpaired) electrons. The van der Waals surface area contributed by atoms with Crippen LogP contribution in [0.1, 0.15) is 39.0 Å². The summed E-state index contributed by atoms with van der Waals surface area (Å²) in [5.41, 5.74) is 0. The number of hydrogen-bond acceptors (Lipinski definition) is 2. The van der Waals surface area contributed by atoms with Gasteiger partial charge in [0, 0.05) is 12.6 Å². The molecule has 2 atom stereocenters. The van der Waals surface area contributed by atoms with E-state index in [1.165, 1.54) is 0 Å². The lowest BCUT2D eigenvalue weighted by Gasteiger charge is -2.27. The predicted molar refractivity (Wildman–Crippen MR) is 62.7 cm³/mol. The molecule has 3 nitrogen and oxygen atoms in total. The fourth-order valence-electron chi connectivity index (χ4n) is 1.94. The molecule has 1 fully saturated rings. The fraction of sp³-hybridized carbons (Fsp3) is 0.750. The normalized spacial score (nSPS) is 23.3. The lowest BCUT2D eigenvalue weighted by molar-refractivity contribution is -0.124. The predicted octanol–water partition coefficient (Wildman–Crippen LogP) is 1.60. The van der Waals surface area contributed by atoms with E-state index >= 15 is 0 Å². The van der Waals surface area contributed by atoms with E-state index in [0.29, 0.717) is 6.04 Å². The molecule has 1 aliphatic rings. The van der Waals surface area contributed by atoms with Gasteiger partial charge in [-0.05, 0) is 32.1 Å². The van der Waals surface area contributed by atoms with Crippen LogP contribution in [0.25, 0.3) is 0 Å². The molecule has 3 heteroatoms. The third-order valence-electron chi connectivity index (χ3n) is 2.93. The van der Waals surface area contributed by atoms with Crippen LogP contribution < -0.4 is 10.6 Å². The smallest absolute Gasteiger partial charge is 0.237 e. The molecule has 2 N–H and O–H groups in total. The summed E-state index contributed by atoms with van der Waals surface area (Å²) in [5, 5.41) is 6.33. The van der Waals surface area contributed by atoms with Crippen molar-refractivity contribution in [1.82, 2.24) is 10.6 Å². The number of nitrogens with one attached hydrogen (secondary N) is 2. The van der Waals surface area contributed by atoms with Gasteiger partial charge < -0.3 is 10.6 Å². The number of piperidine rings is 1. The Morgan fingerprint density at radius 3 is 3.13 bits per heavy atom. The van der Waals surface area contributed by atoms with Gasteiger partial charge in [0.05, 0.1) is 6.04 Å². The van der Waals surface area contributed by atoms with Crippen molar-refractivity contribution in [2.24, 2.45) is 0 Å². The van der Waals surface area contributed by atoms with Gasteiger partial charge in [-0.2, -0.15) is 0 Å². The third kappa shape index (κ3) is 4.04. The lowest BCUT2D eigenvalue weighted by atomic mass is 10.0. The number of carbonyl (C=O) groups is 1. The van der Waals surface area contributed by atoms with Crippen molar-refractivity contribution in [2.45, 2.75) is 51.1 Å². The highest BCUT2D eigenvalue weighted by molar-refractivity contribution is 5.82. The van der Waals surface area contributed by atoms with Crippen LogP contribution in [0.2, 0.25) is 0 Å². The minimum Gasteiger partial charge on any atom is -0.355 e. The summed E-state index contributed by atoms with van der Waals surface area (Å²) in [5.74, 6) is 0.165. The quantitative estimate of drug-likeness (QED) is 0.654. The molecule has 1 heterocycles. The van der Waals surface area contributed by atoms with Crippen molar-refractivity contribution < 1.29 is 4.79 Å². The molecule has 0 aliphatic carbocycles. The van der Waals surface area contributed by atoms with Gasteiger partial charge in [-0.15, -0.1) is 6.58 Å². The van der Waals surface area contributed by atoms with Crippen molar-refractivity contribution in [3.63, 3.8) is 0 Å². The maximum Gasteiger partial charge on any atom is 0.237 e. The Morgan fingerprint density at radius 1 is 1.73 bits per heavy atom. The van der Waals surface area contributed by atoms with Crippen LogP contribution in [-0.4, -0.2) is 24.5 Å². The summed E-state index contributed by atoms with van der Waals surface area (Å²) in [6.07, 6.45) is 7.14. The molecule has 1 amide bonds. The van der Waals surface area contributed by atoms with Crippen LogP contribution in [-0.2, 0) is 4.79 Å². The summed E-state index contributed by atoms with van der Waals surface area (Å²) in [4.78, 5) is 11.5. The molecule has 0 spiro atoms. The Hall–Kier alpha value is -0.830. The van der Waals surface area contributed by atoms with Crippen LogP contribution in [0.15, 0.2) is 12.7 Å². The third-order valence-corrected chi connectivity index (χ3v) is 2.93. The second kappa shape index (κ2) is 6.62. The van der Waals surface area contributed by atoms with Gasteiger partial charge in [0.15, 0.2) is 0 Å². The van der Waals surface area contributed by atoms with E-state index in [2.05, 4.69) is 24.1 Å². The van der Waals surface area contributed by atoms with Crippen molar-refractivity contribution in [2.75, 3.05) is 6.54 Å². The van der Waals surface area contributed by atoms with E-state index in [9.17, 15) is 4.79 Å². The van der Waals surface area contributed by atoms with Crippen molar-refractivity contribution in [3.8, 4) is 0 Å². The average molecular weight is 210 g/mol. The average Bonchev–Trinajstić information content (AvgIpc) is 2.26. The van der Waals surface area contributed by atoms with Gasteiger partial charge in [0.25, 0.3) is 0 Å². The molecule has 86 valence electrons. The lowest BCUT2D eigenvalue weighted by Crippen LogP contribution is -2.51. The standard InChI is InChI=1S/C12H22N2O/c1-3-5-7-10(4-2)14-11-8-6-9-13-12(11)15/h3,10-11,14H,1,4-9H2,2H3,(H,13,15)/t10-,11-/m0/s1. The Kier molecular flexibility index (Phi) is 5.40. The summed E-state index contributed by atoms with van der Waals surface area (Å²) < 4.78 is 0. The van der Waals surface area contributed by atoms with Gasteiger partial charge in [-0.1, -0.05) is 13.0 Å². The Bertz CT molecular complexity index is 216. The van der Waals surface area contributed by atoms with Crippen molar-refractivity contribution in [3.05, 3.63) is 12.7 Å². The molecule has 15 heavy (non-hydrogen) atoms. The first-order chi connectivity index (χ1) is 7.27. The van der Waals surface area contributed by atoms with Gasteiger partial charge in [0.2, 0.25) is 5.91 Å². The molecule has 1 aliphatic heterocycles. The zero-order valence-electron chi connectivity index (χ0n) is 9.59. The molecule has 0 aromatic rings. The Balaban J connectivity index is 2.35. The maximum absolute atomic E-state index is 11.5. The highest BCUT2D eigenvalue weighted by atomic mass is 16.2. The van der Waals surface area contributed by atoms with Crippen molar-refractivity contribution in [1.29, 1.82) is 0 Å². The SMILES string of the molecule is C=CCC[C@H](CC)N[C@H]1CCCNC1=O.